The topological polar surface area (TPSA) is 71.1 Å². The van der Waals surface area contributed by atoms with Crippen molar-refractivity contribution in [3.8, 4) is 11.5 Å². The molecule has 2 amide bonds. The molecule has 7 heteroatoms. The Labute approximate surface area is 172 Å². The van der Waals surface area contributed by atoms with Gasteiger partial charge in [-0.3, -0.25) is 9.59 Å². The van der Waals surface area contributed by atoms with E-state index in [0.29, 0.717) is 24.6 Å². The van der Waals surface area contributed by atoms with E-state index in [1.54, 1.807) is 25.2 Å². The second-order valence-corrected chi connectivity index (χ2v) is 6.87. The van der Waals surface area contributed by atoms with Gasteiger partial charge in [0.1, 0.15) is 0 Å². The fourth-order valence-corrected chi connectivity index (χ4v) is 2.85. The summed E-state index contributed by atoms with van der Waals surface area (Å²) < 4.78 is 10.5. The van der Waals surface area contributed by atoms with E-state index in [-0.39, 0.29) is 18.2 Å². The van der Waals surface area contributed by atoms with Gasteiger partial charge in [0.15, 0.2) is 11.5 Å². The third-order valence-electron chi connectivity index (χ3n) is 4.54. The number of ether oxygens (including phenoxy) is 2. The SMILES string of the molecule is COc1ccc(CN(CCC(=O)Nc2ccc(N(C)C)cc2)C(C)=O)cc1OC. The molecule has 2 aromatic carbocycles. The minimum atomic E-state index is -0.138. The fourth-order valence-electron chi connectivity index (χ4n) is 2.85. The van der Waals surface area contributed by atoms with E-state index in [1.165, 1.54) is 6.92 Å². The lowest BCUT2D eigenvalue weighted by atomic mass is 10.1. The summed E-state index contributed by atoms with van der Waals surface area (Å²) in [6.07, 6.45) is 0.211. The molecule has 0 aliphatic rings. The first-order chi connectivity index (χ1) is 13.8. The van der Waals surface area contributed by atoms with Gasteiger partial charge in [-0.2, -0.15) is 0 Å². The molecule has 0 spiro atoms. The third-order valence-corrected chi connectivity index (χ3v) is 4.54. The molecule has 7 nitrogen and oxygen atoms in total. The van der Waals surface area contributed by atoms with Crippen molar-refractivity contribution in [3.63, 3.8) is 0 Å². The van der Waals surface area contributed by atoms with Crippen molar-refractivity contribution < 1.29 is 19.1 Å². The number of methoxy groups -OCH3 is 2. The van der Waals surface area contributed by atoms with Crippen LogP contribution in [0.5, 0.6) is 11.5 Å². The smallest absolute Gasteiger partial charge is 0.226 e. The fraction of sp³-hybridized carbons (Fsp3) is 0.364. The van der Waals surface area contributed by atoms with Gasteiger partial charge in [0.2, 0.25) is 11.8 Å². The van der Waals surface area contributed by atoms with Crippen LogP contribution in [0, 0.1) is 0 Å². The molecule has 1 N–H and O–H groups in total. The Hall–Kier alpha value is -3.22. The van der Waals surface area contributed by atoms with Crippen LogP contribution in [-0.4, -0.2) is 51.6 Å². The largest absolute Gasteiger partial charge is 0.493 e. The van der Waals surface area contributed by atoms with Crippen molar-refractivity contribution in [2.45, 2.75) is 19.9 Å². The first kappa shape index (κ1) is 22.1. The molecular weight excluding hydrogens is 370 g/mol. The zero-order chi connectivity index (χ0) is 21.4. The number of benzene rings is 2. The summed E-state index contributed by atoms with van der Waals surface area (Å²) in [6, 6.07) is 13.1. The minimum absolute atomic E-state index is 0.0945. The Morgan fingerprint density at radius 3 is 2.17 bits per heavy atom. The van der Waals surface area contributed by atoms with Gasteiger partial charge < -0.3 is 24.6 Å². The highest BCUT2D eigenvalue weighted by molar-refractivity contribution is 5.91. The van der Waals surface area contributed by atoms with Crippen LogP contribution in [0.4, 0.5) is 11.4 Å². The number of hydrogen-bond acceptors (Lipinski definition) is 5. The molecule has 0 saturated carbocycles. The van der Waals surface area contributed by atoms with E-state index in [9.17, 15) is 9.59 Å². The summed E-state index contributed by atoms with van der Waals surface area (Å²) in [5, 5.41) is 2.87. The molecule has 0 radical (unpaired) electrons. The van der Waals surface area contributed by atoms with Gasteiger partial charge in [-0.1, -0.05) is 6.07 Å². The Morgan fingerprint density at radius 1 is 0.966 bits per heavy atom. The van der Waals surface area contributed by atoms with E-state index in [4.69, 9.17) is 9.47 Å². The van der Waals surface area contributed by atoms with Gasteiger partial charge in [-0.15, -0.1) is 0 Å². The summed E-state index contributed by atoms with van der Waals surface area (Å²) in [5.74, 6) is 1.00. The highest BCUT2D eigenvalue weighted by atomic mass is 16.5. The molecule has 0 aliphatic heterocycles. The quantitative estimate of drug-likeness (QED) is 0.701. The summed E-state index contributed by atoms with van der Waals surface area (Å²) >= 11 is 0. The summed E-state index contributed by atoms with van der Waals surface area (Å²) in [5.41, 5.74) is 2.69. The number of carbonyl (C=O) groups excluding carboxylic acids is 2. The number of hydrogen-bond donors (Lipinski definition) is 1. The summed E-state index contributed by atoms with van der Waals surface area (Å²) in [7, 11) is 7.07. The molecule has 0 aliphatic carbocycles. The monoisotopic (exact) mass is 399 g/mol. The predicted octanol–water partition coefficient (Wildman–Crippen LogP) is 3.15. The average molecular weight is 399 g/mol. The number of rotatable bonds is 9. The maximum atomic E-state index is 12.3. The van der Waals surface area contributed by atoms with E-state index >= 15 is 0 Å². The van der Waals surface area contributed by atoms with Crippen molar-refractivity contribution in [3.05, 3.63) is 48.0 Å². The van der Waals surface area contributed by atoms with Crippen LogP contribution >= 0.6 is 0 Å². The highest BCUT2D eigenvalue weighted by Crippen LogP contribution is 2.28. The summed E-state index contributed by atoms with van der Waals surface area (Å²) in [4.78, 5) is 28.0. The van der Waals surface area contributed by atoms with Crippen molar-refractivity contribution >= 4 is 23.2 Å². The van der Waals surface area contributed by atoms with Crippen molar-refractivity contribution in [2.24, 2.45) is 0 Å². The Morgan fingerprint density at radius 2 is 1.62 bits per heavy atom. The van der Waals surface area contributed by atoms with Crippen molar-refractivity contribution in [1.82, 2.24) is 4.90 Å². The molecule has 2 aromatic rings. The standard InChI is InChI=1S/C22H29N3O4/c1-16(26)25(15-17-6-11-20(28-4)21(14-17)29-5)13-12-22(27)23-18-7-9-19(10-8-18)24(2)3/h6-11,14H,12-13,15H2,1-5H3,(H,23,27). The highest BCUT2D eigenvalue weighted by Gasteiger charge is 2.14. The van der Waals surface area contributed by atoms with E-state index in [1.807, 2.05) is 55.4 Å². The second kappa shape index (κ2) is 10.4. The number of carbonyl (C=O) groups is 2. The minimum Gasteiger partial charge on any atom is -0.493 e. The molecule has 0 bridgehead atoms. The zero-order valence-electron chi connectivity index (χ0n) is 17.7. The van der Waals surface area contributed by atoms with E-state index < -0.39 is 0 Å². The van der Waals surface area contributed by atoms with Gasteiger partial charge in [-0.25, -0.2) is 0 Å². The Bertz CT molecular complexity index is 834. The molecular formula is C22H29N3O4. The molecule has 0 heterocycles. The van der Waals surface area contributed by atoms with E-state index in [0.717, 1.165) is 16.9 Å². The van der Waals surface area contributed by atoms with Crippen molar-refractivity contribution in [2.75, 3.05) is 45.1 Å². The van der Waals surface area contributed by atoms with Crippen LogP contribution in [0.2, 0.25) is 0 Å². The lowest BCUT2D eigenvalue weighted by molar-refractivity contribution is -0.129. The molecule has 2 rings (SSSR count). The maximum Gasteiger partial charge on any atom is 0.226 e. The van der Waals surface area contributed by atoms with Crippen LogP contribution in [0.3, 0.4) is 0 Å². The molecule has 0 fully saturated rings. The van der Waals surface area contributed by atoms with Crippen LogP contribution in [0.1, 0.15) is 18.9 Å². The molecule has 0 saturated heterocycles. The predicted molar refractivity (Wildman–Crippen MR) is 115 cm³/mol. The lowest BCUT2D eigenvalue weighted by Crippen LogP contribution is -2.31. The van der Waals surface area contributed by atoms with Gasteiger partial charge >= 0.3 is 0 Å². The van der Waals surface area contributed by atoms with Crippen molar-refractivity contribution in [1.29, 1.82) is 0 Å². The van der Waals surface area contributed by atoms with E-state index in [2.05, 4.69) is 5.32 Å². The van der Waals surface area contributed by atoms with Crippen LogP contribution < -0.4 is 19.7 Å². The summed E-state index contributed by atoms with van der Waals surface area (Å²) in [6.45, 7) is 2.21. The van der Waals surface area contributed by atoms with Crippen LogP contribution in [-0.2, 0) is 16.1 Å². The number of nitrogens with one attached hydrogen (secondary N) is 1. The lowest BCUT2D eigenvalue weighted by Gasteiger charge is -2.21. The molecule has 29 heavy (non-hydrogen) atoms. The molecule has 0 atom stereocenters. The molecule has 0 aromatic heterocycles. The number of nitrogens with zero attached hydrogens (tertiary/aromatic N) is 2. The Balaban J connectivity index is 1.95. The normalized spacial score (nSPS) is 10.2. The molecule has 156 valence electrons. The zero-order valence-corrected chi connectivity index (χ0v) is 17.7. The number of amides is 2. The van der Waals surface area contributed by atoms with Gasteiger partial charge in [0, 0.05) is 51.9 Å². The van der Waals surface area contributed by atoms with Gasteiger partial charge in [0.25, 0.3) is 0 Å². The second-order valence-electron chi connectivity index (χ2n) is 6.87. The first-order valence-corrected chi connectivity index (χ1v) is 9.37. The van der Waals surface area contributed by atoms with Gasteiger partial charge in [0.05, 0.1) is 14.2 Å². The maximum absolute atomic E-state index is 12.3. The first-order valence-electron chi connectivity index (χ1n) is 9.37. The molecule has 0 unspecified atom stereocenters. The van der Waals surface area contributed by atoms with Gasteiger partial charge in [-0.05, 0) is 42.0 Å². The van der Waals surface area contributed by atoms with Crippen LogP contribution in [0.15, 0.2) is 42.5 Å². The average Bonchev–Trinajstić information content (AvgIpc) is 2.71. The number of anilines is 2. The third kappa shape index (κ3) is 6.41. The van der Waals surface area contributed by atoms with Crippen LogP contribution in [0.25, 0.3) is 0 Å². The Kier molecular flexibility index (Phi) is 7.88.